The van der Waals surface area contributed by atoms with Crippen molar-refractivity contribution in [1.29, 1.82) is 0 Å². The zero-order valence-corrected chi connectivity index (χ0v) is 9.56. The molecule has 86 valence electrons. The highest BCUT2D eigenvalue weighted by Gasteiger charge is 2.21. The van der Waals surface area contributed by atoms with Crippen LogP contribution in [0, 0.1) is 5.92 Å². The summed E-state index contributed by atoms with van der Waals surface area (Å²) in [6.07, 6.45) is 5.39. The number of hydrogen-bond donors (Lipinski definition) is 1. The second-order valence-corrected chi connectivity index (χ2v) is 3.58. The Hall–Kier alpha value is -1.16. The van der Waals surface area contributed by atoms with Gasteiger partial charge in [-0.2, -0.15) is 0 Å². The summed E-state index contributed by atoms with van der Waals surface area (Å²) in [4.78, 5) is 22.4. The van der Waals surface area contributed by atoms with E-state index in [-0.39, 0.29) is 12.2 Å². The van der Waals surface area contributed by atoms with Crippen LogP contribution in [0.5, 0.6) is 0 Å². The van der Waals surface area contributed by atoms with Gasteiger partial charge in [0.15, 0.2) is 0 Å². The first-order valence-electron chi connectivity index (χ1n) is 5.09. The van der Waals surface area contributed by atoms with Gasteiger partial charge in [0.25, 0.3) is 0 Å². The van der Waals surface area contributed by atoms with Crippen molar-refractivity contribution in [1.82, 2.24) is 5.06 Å². The molecule has 0 rings (SSSR count). The highest BCUT2D eigenvalue weighted by atomic mass is 16.5. The predicted molar refractivity (Wildman–Crippen MR) is 57.4 cm³/mol. The Morgan fingerprint density at radius 1 is 1.40 bits per heavy atom. The molecule has 0 spiro atoms. The number of hydroxylamine groups is 2. The highest BCUT2D eigenvalue weighted by Crippen LogP contribution is 2.13. The molecular formula is C11H19NO3. The third-order valence-corrected chi connectivity index (χ3v) is 2.03. The molecule has 0 aliphatic heterocycles. The summed E-state index contributed by atoms with van der Waals surface area (Å²) in [5, 5.41) is 9.56. The quantitative estimate of drug-likeness (QED) is 0.415. The fourth-order valence-electron chi connectivity index (χ4n) is 1.31. The lowest BCUT2D eigenvalue weighted by molar-refractivity contribution is -0.164. The van der Waals surface area contributed by atoms with Crippen molar-refractivity contribution in [3.05, 3.63) is 12.2 Å². The standard InChI is InChI=1S/C11H19NO3/c1-4-5-6-7-10(8-9(2)13)11(14)12(3)15/h5-6,10,15H,4,7-8H2,1-3H3. The van der Waals surface area contributed by atoms with Crippen LogP contribution in [0.25, 0.3) is 0 Å². The lowest BCUT2D eigenvalue weighted by Gasteiger charge is -2.16. The van der Waals surface area contributed by atoms with Crippen LogP contribution in [-0.4, -0.2) is 29.0 Å². The molecule has 0 heterocycles. The molecule has 0 saturated carbocycles. The van der Waals surface area contributed by atoms with Crippen LogP contribution in [0.15, 0.2) is 12.2 Å². The van der Waals surface area contributed by atoms with Crippen LogP contribution in [-0.2, 0) is 9.59 Å². The van der Waals surface area contributed by atoms with Crippen molar-refractivity contribution in [2.24, 2.45) is 5.92 Å². The van der Waals surface area contributed by atoms with Gasteiger partial charge in [-0.15, -0.1) is 0 Å². The number of allylic oxidation sites excluding steroid dienone is 2. The normalized spacial score (nSPS) is 12.8. The van der Waals surface area contributed by atoms with E-state index >= 15 is 0 Å². The molecule has 1 atom stereocenters. The van der Waals surface area contributed by atoms with Gasteiger partial charge in [-0.25, -0.2) is 5.06 Å². The summed E-state index contributed by atoms with van der Waals surface area (Å²) in [5.74, 6) is -0.897. The predicted octanol–water partition coefficient (Wildman–Crippen LogP) is 1.79. The molecular weight excluding hydrogens is 194 g/mol. The maximum absolute atomic E-state index is 11.5. The molecule has 0 aliphatic carbocycles. The molecule has 0 radical (unpaired) electrons. The Balaban J connectivity index is 4.36. The van der Waals surface area contributed by atoms with Crippen molar-refractivity contribution in [2.45, 2.75) is 33.1 Å². The largest absolute Gasteiger partial charge is 0.300 e. The van der Waals surface area contributed by atoms with Gasteiger partial charge in [0.1, 0.15) is 5.78 Å². The zero-order chi connectivity index (χ0) is 11.8. The molecule has 1 amide bonds. The Bertz CT molecular complexity index is 246. The van der Waals surface area contributed by atoms with Gasteiger partial charge < -0.3 is 4.79 Å². The van der Waals surface area contributed by atoms with E-state index in [1.807, 2.05) is 19.1 Å². The Labute approximate surface area is 90.5 Å². The van der Waals surface area contributed by atoms with E-state index in [2.05, 4.69) is 0 Å². The number of ketones is 1. The number of hydrogen-bond acceptors (Lipinski definition) is 3. The number of carbonyl (C=O) groups excluding carboxylic acids is 2. The summed E-state index contributed by atoms with van der Waals surface area (Å²) < 4.78 is 0. The lowest BCUT2D eigenvalue weighted by Crippen LogP contribution is -2.31. The molecule has 4 heteroatoms. The van der Waals surface area contributed by atoms with Crippen molar-refractivity contribution < 1.29 is 14.8 Å². The molecule has 0 aromatic heterocycles. The van der Waals surface area contributed by atoms with E-state index < -0.39 is 11.8 Å². The first-order chi connectivity index (χ1) is 6.99. The Morgan fingerprint density at radius 2 is 2.00 bits per heavy atom. The Morgan fingerprint density at radius 3 is 2.40 bits per heavy atom. The molecule has 0 bridgehead atoms. The van der Waals surface area contributed by atoms with Crippen LogP contribution < -0.4 is 0 Å². The van der Waals surface area contributed by atoms with Crippen LogP contribution in [0.4, 0.5) is 0 Å². The van der Waals surface area contributed by atoms with Gasteiger partial charge >= 0.3 is 0 Å². The number of Topliss-reactive ketones (excluding diaryl/α,β-unsaturated/α-hetero) is 1. The van der Waals surface area contributed by atoms with E-state index in [0.29, 0.717) is 11.5 Å². The molecule has 0 aromatic rings. The zero-order valence-electron chi connectivity index (χ0n) is 9.56. The summed E-state index contributed by atoms with van der Waals surface area (Å²) in [6.45, 7) is 3.44. The molecule has 0 fully saturated rings. The Kier molecular flexibility index (Phi) is 6.62. The van der Waals surface area contributed by atoms with Gasteiger partial charge in [-0.05, 0) is 19.8 Å². The fourth-order valence-corrected chi connectivity index (χ4v) is 1.31. The van der Waals surface area contributed by atoms with Gasteiger partial charge in [0, 0.05) is 13.5 Å². The second kappa shape index (κ2) is 7.17. The van der Waals surface area contributed by atoms with Crippen LogP contribution in [0.3, 0.4) is 0 Å². The fraction of sp³-hybridized carbons (Fsp3) is 0.636. The lowest BCUT2D eigenvalue weighted by atomic mass is 9.98. The first-order valence-corrected chi connectivity index (χ1v) is 5.09. The molecule has 1 unspecified atom stereocenters. The van der Waals surface area contributed by atoms with Gasteiger partial charge in [0.05, 0.1) is 5.92 Å². The number of carbonyl (C=O) groups is 2. The van der Waals surface area contributed by atoms with E-state index in [1.54, 1.807) is 0 Å². The van der Waals surface area contributed by atoms with Gasteiger partial charge in [-0.3, -0.25) is 10.0 Å². The van der Waals surface area contributed by atoms with Crippen molar-refractivity contribution in [2.75, 3.05) is 7.05 Å². The number of amides is 1. The highest BCUT2D eigenvalue weighted by molar-refractivity contribution is 5.85. The van der Waals surface area contributed by atoms with Crippen LogP contribution in [0.1, 0.15) is 33.1 Å². The average Bonchev–Trinajstić information content (AvgIpc) is 2.14. The maximum Gasteiger partial charge on any atom is 0.249 e. The minimum Gasteiger partial charge on any atom is -0.300 e. The van der Waals surface area contributed by atoms with E-state index in [0.717, 1.165) is 6.42 Å². The summed E-state index contributed by atoms with van der Waals surface area (Å²) >= 11 is 0. The third kappa shape index (κ3) is 6.01. The average molecular weight is 213 g/mol. The molecule has 0 saturated heterocycles. The monoisotopic (exact) mass is 213 g/mol. The first kappa shape index (κ1) is 13.8. The van der Waals surface area contributed by atoms with E-state index in [1.165, 1.54) is 14.0 Å². The molecule has 0 aromatic carbocycles. The van der Waals surface area contributed by atoms with Crippen LogP contribution in [0.2, 0.25) is 0 Å². The molecule has 4 nitrogen and oxygen atoms in total. The molecule has 0 aliphatic rings. The van der Waals surface area contributed by atoms with Crippen molar-refractivity contribution in [3.8, 4) is 0 Å². The summed E-state index contributed by atoms with van der Waals surface area (Å²) in [6, 6.07) is 0. The molecule has 15 heavy (non-hydrogen) atoms. The van der Waals surface area contributed by atoms with Crippen molar-refractivity contribution in [3.63, 3.8) is 0 Å². The van der Waals surface area contributed by atoms with E-state index in [4.69, 9.17) is 5.21 Å². The number of nitrogens with zero attached hydrogens (tertiary/aromatic N) is 1. The minimum atomic E-state index is -0.444. The SMILES string of the molecule is CCC=CCC(CC(C)=O)C(=O)N(C)O. The topological polar surface area (TPSA) is 57.6 Å². The van der Waals surface area contributed by atoms with Crippen molar-refractivity contribution >= 4 is 11.7 Å². The maximum atomic E-state index is 11.5. The second-order valence-electron chi connectivity index (χ2n) is 3.58. The summed E-state index contributed by atoms with van der Waals surface area (Å²) in [5.41, 5.74) is 0. The van der Waals surface area contributed by atoms with E-state index in [9.17, 15) is 9.59 Å². The third-order valence-electron chi connectivity index (χ3n) is 2.03. The smallest absolute Gasteiger partial charge is 0.249 e. The van der Waals surface area contributed by atoms with Gasteiger partial charge in [-0.1, -0.05) is 19.1 Å². The molecule has 1 N–H and O–H groups in total. The minimum absolute atomic E-state index is 0.0416. The van der Waals surface area contributed by atoms with Crippen LogP contribution >= 0.6 is 0 Å². The van der Waals surface area contributed by atoms with Gasteiger partial charge in [0.2, 0.25) is 5.91 Å². The number of rotatable bonds is 6. The summed E-state index contributed by atoms with van der Waals surface area (Å²) in [7, 11) is 1.28.